The first kappa shape index (κ1) is 17.4. The lowest BCUT2D eigenvalue weighted by molar-refractivity contribution is -0.170. The third-order valence-corrected chi connectivity index (χ3v) is 5.60. The SMILES string of the molecule is O=C(c1ccccc1)[C@H]1CN2O[C@@H]1CCC[C@H]2C[C@H](O)c1ccccc1. The van der Waals surface area contributed by atoms with E-state index in [0.717, 1.165) is 30.4 Å². The number of hydrogen-bond donors (Lipinski definition) is 1. The van der Waals surface area contributed by atoms with Gasteiger partial charge in [-0.1, -0.05) is 60.7 Å². The van der Waals surface area contributed by atoms with Crippen molar-refractivity contribution < 1.29 is 14.7 Å². The second-order valence-corrected chi connectivity index (χ2v) is 7.33. The van der Waals surface area contributed by atoms with E-state index in [1.54, 1.807) is 0 Å². The van der Waals surface area contributed by atoms with Crippen molar-refractivity contribution >= 4 is 5.78 Å². The Kier molecular flexibility index (Phi) is 5.16. The molecule has 2 fully saturated rings. The van der Waals surface area contributed by atoms with Crippen LogP contribution < -0.4 is 0 Å². The van der Waals surface area contributed by atoms with Gasteiger partial charge in [0.1, 0.15) is 0 Å². The number of benzene rings is 2. The average Bonchev–Trinajstić information content (AvgIpc) is 3.01. The van der Waals surface area contributed by atoms with Gasteiger partial charge in [0.05, 0.1) is 18.1 Å². The topological polar surface area (TPSA) is 49.8 Å². The number of carbonyl (C=O) groups excluding carboxylic acids is 1. The smallest absolute Gasteiger partial charge is 0.169 e. The summed E-state index contributed by atoms with van der Waals surface area (Å²) in [6.45, 7) is 0.616. The van der Waals surface area contributed by atoms with Gasteiger partial charge in [-0.25, -0.2) is 0 Å². The number of Topliss-reactive ketones (excluding diaryl/α,β-unsaturated/α-hetero) is 1. The number of aliphatic hydroxyl groups is 1. The molecule has 136 valence electrons. The minimum Gasteiger partial charge on any atom is -0.388 e. The van der Waals surface area contributed by atoms with Crippen LogP contribution in [0.4, 0.5) is 0 Å². The highest BCUT2D eigenvalue weighted by molar-refractivity contribution is 5.98. The minimum atomic E-state index is -0.509. The fraction of sp³-hybridized carbons (Fsp3) is 0.409. The van der Waals surface area contributed by atoms with Crippen molar-refractivity contribution in [3.63, 3.8) is 0 Å². The van der Waals surface area contributed by atoms with Gasteiger partial charge in [0.15, 0.2) is 5.78 Å². The summed E-state index contributed by atoms with van der Waals surface area (Å²) in [4.78, 5) is 19.0. The molecule has 4 nitrogen and oxygen atoms in total. The van der Waals surface area contributed by atoms with Gasteiger partial charge < -0.3 is 5.11 Å². The molecule has 0 spiro atoms. The van der Waals surface area contributed by atoms with Crippen LogP contribution >= 0.6 is 0 Å². The van der Waals surface area contributed by atoms with E-state index < -0.39 is 6.10 Å². The van der Waals surface area contributed by atoms with E-state index in [2.05, 4.69) is 0 Å². The Balaban J connectivity index is 1.45. The highest BCUT2D eigenvalue weighted by Gasteiger charge is 2.43. The van der Waals surface area contributed by atoms with Crippen LogP contribution in [0.15, 0.2) is 60.7 Å². The first-order valence-corrected chi connectivity index (χ1v) is 9.48. The summed E-state index contributed by atoms with van der Waals surface area (Å²) < 4.78 is 0. The second-order valence-electron chi connectivity index (χ2n) is 7.33. The van der Waals surface area contributed by atoms with E-state index in [-0.39, 0.29) is 23.8 Å². The summed E-state index contributed by atoms with van der Waals surface area (Å²) in [6.07, 6.45) is 2.99. The quantitative estimate of drug-likeness (QED) is 0.833. The molecule has 2 bridgehead atoms. The number of aliphatic hydroxyl groups excluding tert-OH is 1. The number of ketones is 1. The van der Waals surface area contributed by atoms with Gasteiger partial charge in [-0.2, -0.15) is 5.06 Å². The van der Waals surface area contributed by atoms with Crippen LogP contribution in [0, 0.1) is 5.92 Å². The molecule has 2 heterocycles. The predicted molar refractivity (Wildman–Crippen MR) is 99.5 cm³/mol. The number of carbonyl (C=O) groups is 1. The first-order valence-electron chi connectivity index (χ1n) is 9.48. The molecule has 0 saturated carbocycles. The van der Waals surface area contributed by atoms with Crippen LogP contribution in [0.5, 0.6) is 0 Å². The molecule has 0 aliphatic carbocycles. The highest BCUT2D eigenvalue weighted by atomic mass is 16.7. The third-order valence-electron chi connectivity index (χ3n) is 5.60. The second kappa shape index (κ2) is 7.70. The van der Waals surface area contributed by atoms with Gasteiger partial charge in [-0.05, 0) is 31.2 Å². The van der Waals surface area contributed by atoms with Crippen molar-refractivity contribution in [2.75, 3.05) is 6.54 Å². The van der Waals surface area contributed by atoms with Crippen molar-refractivity contribution in [1.29, 1.82) is 0 Å². The maximum Gasteiger partial charge on any atom is 0.169 e. The number of fused-ring (bicyclic) bond motifs is 2. The molecule has 2 aromatic rings. The van der Waals surface area contributed by atoms with E-state index in [9.17, 15) is 9.90 Å². The van der Waals surface area contributed by atoms with Crippen molar-refractivity contribution in [2.24, 2.45) is 5.92 Å². The van der Waals surface area contributed by atoms with Crippen LogP contribution in [0.2, 0.25) is 0 Å². The van der Waals surface area contributed by atoms with Gasteiger partial charge in [-0.15, -0.1) is 0 Å². The van der Waals surface area contributed by atoms with Crippen LogP contribution in [-0.2, 0) is 4.84 Å². The number of nitrogens with zero attached hydrogens (tertiary/aromatic N) is 1. The van der Waals surface area contributed by atoms with Crippen molar-refractivity contribution in [1.82, 2.24) is 5.06 Å². The Hall–Kier alpha value is -2.01. The zero-order valence-electron chi connectivity index (χ0n) is 14.8. The van der Waals surface area contributed by atoms with Gasteiger partial charge in [0.25, 0.3) is 0 Å². The Bertz CT molecular complexity index is 734. The molecule has 0 aromatic heterocycles. The zero-order valence-corrected chi connectivity index (χ0v) is 14.8. The molecule has 2 saturated heterocycles. The molecule has 2 aromatic carbocycles. The fourth-order valence-electron chi connectivity index (χ4n) is 4.16. The van der Waals surface area contributed by atoms with Crippen LogP contribution in [-0.4, -0.2) is 34.6 Å². The monoisotopic (exact) mass is 351 g/mol. The van der Waals surface area contributed by atoms with Gasteiger partial charge in [0, 0.05) is 18.2 Å². The van der Waals surface area contributed by atoms with Crippen molar-refractivity contribution in [3.05, 3.63) is 71.8 Å². The summed E-state index contributed by atoms with van der Waals surface area (Å²) in [6, 6.07) is 19.4. The lowest BCUT2D eigenvalue weighted by atomic mass is 9.87. The maximum absolute atomic E-state index is 12.9. The Morgan fingerprint density at radius 2 is 1.77 bits per heavy atom. The molecule has 0 radical (unpaired) electrons. The number of hydrogen-bond acceptors (Lipinski definition) is 4. The average molecular weight is 351 g/mol. The highest BCUT2D eigenvalue weighted by Crippen LogP contribution is 2.36. The molecule has 4 heteroatoms. The lowest BCUT2D eigenvalue weighted by Crippen LogP contribution is -2.35. The first-order chi connectivity index (χ1) is 12.7. The Morgan fingerprint density at radius 3 is 2.50 bits per heavy atom. The normalized spacial score (nSPS) is 29.1. The van der Waals surface area contributed by atoms with Crippen LogP contribution in [0.25, 0.3) is 0 Å². The lowest BCUT2D eigenvalue weighted by Gasteiger charge is -2.27. The molecule has 1 unspecified atom stereocenters. The fourth-order valence-corrected chi connectivity index (χ4v) is 4.16. The van der Waals surface area contributed by atoms with E-state index in [0.29, 0.717) is 13.0 Å². The summed E-state index contributed by atoms with van der Waals surface area (Å²) >= 11 is 0. The minimum absolute atomic E-state index is 0.0402. The molecule has 2 aliphatic rings. The van der Waals surface area contributed by atoms with Gasteiger partial charge in [0.2, 0.25) is 0 Å². The number of rotatable bonds is 5. The summed E-state index contributed by atoms with van der Waals surface area (Å²) in [5.41, 5.74) is 1.69. The van der Waals surface area contributed by atoms with E-state index in [4.69, 9.17) is 4.84 Å². The molecule has 0 amide bonds. The van der Waals surface area contributed by atoms with E-state index in [1.807, 2.05) is 65.7 Å². The Labute approximate surface area is 154 Å². The predicted octanol–water partition coefficient (Wildman–Crippen LogP) is 3.78. The summed E-state index contributed by atoms with van der Waals surface area (Å²) in [5, 5.41) is 12.6. The molecule has 2 aliphatic heterocycles. The van der Waals surface area contributed by atoms with Gasteiger partial charge >= 0.3 is 0 Å². The maximum atomic E-state index is 12.9. The van der Waals surface area contributed by atoms with Crippen molar-refractivity contribution in [3.8, 4) is 0 Å². The molecular formula is C22H25NO3. The molecule has 5 atom stereocenters. The van der Waals surface area contributed by atoms with Crippen molar-refractivity contribution in [2.45, 2.75) is 43.9 Å². The van der Waals surface area contributed by atoms with E-state index in [1.165, 1.54) is 0 Å². The molecule has 1 N–H and O–H groups in total. The summed E-state index contributed by atoms with van der Waals surface area (Å²) in [7, 11) is 0. The molecular weight excluding hydrogens is 326 g/mol. The molecule has 26 heavy (non-hydrogen) atoms. The zero-order chi connectivity index (χ0) is 17.9. The van der Waals surface area contributed by atoms with Crippen LogP contribution in [0.3, 0.4) is 0 Å². The Morgan fingerprint density at radius 1 is 1.08 bits per heavy atom. The number of hydroxylamine groups is 2. The third kappa shape index (κ3) is 3.58. The van der Waals surface area contributed by atoms with Crippen LogP contribution in [0.1, 0.15) is 47.7 Å². The van der Waals surface area contributed by atoms with E-state index >= 15 is 0 Å². The summed E-state index contributed by atoms with van der Waals surface area (Å²) in [5.74, 6) is 0.0522. The largest absolute Gasteiger partial charge is 0.388 e. The van der Waals surface area contributed by atoms with Gasteiger partial charge in [-0.3, -0.25) is 9.63 Å². The molecule has 4 rings (SSSR count). The standard InChI is InChI=1S/C22H25NO3/c24-20(16-8-3-1-4-9-16)14-18-12-7-13-21-19(15-23(18)26-21)22(25)17-10-5-2-6-11-17/h1-6,8-11,18-21,24H,7,12-15H2/t18-,19-,20-,21+/m0/s1.